The van der Waals surface area contributed by atoms with Gasteiger partial charge in [-0.1, -0.05) is 11.6 Å². The quantitative estimate of drug-likeness (QED) is 0.615. The van der Waals surface area contributed by atoms with Crippen LogP contribution in [0.15, 0.2) is 48.5 Å². The summed E-state index contributed by atoms with van der Waals surface area (Å²) in [6, 6.07) is 14.6. The van der Waals surface area contributed by atoms with Gasteiger partial charge >= 0.3 is 0 Å². The van der Waals surface area contributed by atoms with Crippen LogP contribution in [0.25, 0.3) is 5.69 Å². The maximum absolute atomic E-state index is 12.9. The molecule has 3 aromatic rings. The van der Waals surface area contributed by atoms with Crippen molar-refractivity contribution in [3.63, 3.8) is 0 Å². The number of carbonyl (C=O) groups excluding carboxylic acids is 1. The number of halogens is 1. The van der Waals surface area contributed by atoms with Crippen LogP contribution in [0.1, 0.15) is 35.5 Å². The van der Waals surface area contributed by atoms with E-state index in [0.29, 0.717) is 10.6 Å². The normalized spacial score (nSPS) is 12.9. The Hall–Kier alpha value is -2.44. The second-order valence-corrected chi connectivity index (χ2v) is 8.22. The summed E-state index contributed by atoms with van der Waals surface area (Å²) in [6.07, 6.45) is 0.0912. The van der Waals surface area contributed by atoms with Gasteiger partial charge < -0.3 is 10.1 Å². The molecule has 7 heteroatoms. The van der Waals surface area contributed by atoms with Gasteiger partial charge in [-0.2, -0.15) is 16.9 Å². The molecule has 0 bridgehead atoms. The largest absolute Gasteiger partial charge is 0.491 e. The summed E-state index contributed by atoms with van der Waals surface area (Å²) < 4.78 is 7.43. The van der Waals surface area contributed by atoms with Crippen LogP contribution in [0.5, 0.6) is 5.75 Å². The van der Waals surface area contributed by atoms with Crippen LogP contribution in [0.4, 0.5) is 5.82 Å². The molecule has 1 N–H and O–H groups in total. The SMILES string of the molecule is CC(C)Oc1ccc(C(=O)Nc2c3c(nn2-c2ccc(Cl)cc2)CSC3)cc1. The first-order chi connectivity index (χ1) is 13.5. The number of benzene rings is 2. The first kappa shape index (κ1) is 18.9. The molecule has 5 nitrogen and oxygen atoms in total. The van der Waals surface area contributed by atoms with E-state index < -0.39 is 0 Å². The molecular formula is C21H20ClN3O2S. The number of rotatable bonds is 5. The number of carbonyl (C=O) groups is 1. The molecule has 0 unspecified atom stereocenters. The highest BCUT2D eigenvalue weighted by Gasteiger charge is 2.25. The molecule has 4 rings (SSSR count). The van der Waals surface area contributed by atoms with E-state index in [-0.39, 0.29) is 12.0 Å². The second kappa shape index (κ2) is 7.89. The molecule has 28 heavy (non-hydrogen) atoms. The molecule has 2 aromatic carbocycles. The van der Waals surface area contributed by atoms with Crippen molar-refractivity contribution in [2.24, 2.45) is 0 Å². The molecule has 0 saturated carbocycles. The zero-order valence-electron chi connectivity index (χ0n) is 15.6. The maximum Gasteiger partial charge on any atom is 0.256 e. The lowest BCUT2D eigenvalue weighted by molar-refractivity contribution is 0.102. The molecule has 1 aromatic heterocycles. The van der Waals surface area contributed by atoms with Gasteiger partial charge in [-0.25, -0.2) is 4.68 Å². The van der Waals surface area contributed by atoms with Crippen LogP contribution in [-0.2, 0) is 11.5 Å². The van der Waals surface area contributed by atoms with Crippen LogP contribution in [0, 0.1) is 0 Å². The van der Waals surface area contributed by atoms with Gasteiger partial charge in [-0.05, 0) is 62.4 Å². The molecule has 0 spiro atoms. The van der Waals surface area contributed by atoms with Gasteiger partial charge in [0.1, 0.15) is 11.6 Å². The van der Waals surface area contributed by atoms with Gasteiger partial charge in [-0.15, -0.1) is 0 Å². The van der Waals surface area contributed by atoms with Gasteiger partial charge in [0.15, 0.2) is 0 Å². The average Bonchev–Trinajstić information content (AvgIpc) is 3.25. The molecule has 0 saturated heterocycles. The third-order valence-corrected chi connectivity index (χ3v) is 5.57. The standard InChI is InChI=1S/C21H20ClN3O2S/c1-13(2)27-17-9-3-14(4-10-17)21(26)23-20-18-11-28-12-19(18)24-25(20)16-7-5-15(22)6-8-16/h3-10,13H,11-12H2,1-2H3,(H,23,26). The monoisotopic (exact) mass is 413 g/mol. The van der Waals surface area contributed by atoms with Crippen LogP contribution in [0.3, 0.4) is 0 Å². The van der Waals surface area contributed by atoms with E-state index >= 15 is 0 Å². The number of anilines is 1. The van der Waals surface area contributed by atoms with Crippen molar-refractivity contribution in [1.29, 1.82) is 0 Å². The fraction of sp³-hybridized carbons (Fsp3) is 0.238. The highest BCUT2D eigenvalue weighted by Crippen LogP contribution is 2.36. The molecular weight excluding hydrogens is 394 g/mol. The summed E-state index contributed by atoms with van der Waals surface area (Å²) in [6.45, 7) is 3.94. The molecule has 1 amide bonds. The van der Waals surface area contributed by atoms with Crippen molar-refractivity contribution >= 4 is 35.1 Å². The van der Waals surface area contributed by atoms with E-state index in [9.17, 15) is 4.79 Å². The molecule has 0 fully saturated rings. The predicted octanol–water partition coefficient (Wildman–Crippen LogP) is 5.31. The molecule has 1 aliphatic heterocycles. The summed E-state index contributed by atoms with van der Waals surface area (Å²) in [5.41, 5.74) is 3.52. The Bertz CT molecular complexity index is 998. The van der Waals surface area contributed by atoms with E-state index in [4.69, 9.17) is 21.4 Å². The van der Waals surface area contributed by atoms with Gasteiger partial charge in [0, 0.05) is 27.7 Å². The number of nitrogens with zero attached hydrogens (tertiary/aromatic N) is 2. The van der Waals surface area contributed by atoms with Gasteiger partial charge in [-0.3, -0.25) is 4.79 Å². The summed E-state index contributed by atoms with van der Waals surface area (Å²) in [4.78, 5) is 12.9. The number of nitrogens with one attached hydrogen (secondary N) is 1. The van der Waals surface area contributed by atoms with Crippen LogP contribution >= 0.6 is 23.4 Å². The van der Waals surface area contributed by atoms with Crippen molar-refractivity contribution in [3.05, 3.63) is 70.4 Å². The van der Waals surface area contributed by atoms with Gasteiger partial charge in [0.25, 0.3) is 5.91 Å². The summed E-state index contributed by atoms with van der Waals surface area (Å²) in [5.74, 6) is 2.97. The average molecular weight is 414 g/mol. The Morgan fingerprint density at radius 3 is 2.54 bits per heavy atom. The molecule has 2 heterocycles. The minimum absolute atomic E-state index is 0.0912. The third kappa shape index (κ3) is 3.88. The number of thioether (sulfide) groups is 1. The second-order valence-electron chi connectivity index (χ2n) is 6.80. The lowest BCUT2D eigenvalue weighted by Gasteiger charge is -2.12. The van der Waals surface area contributed by atoms with E-state index in [2.05, 4.69) is 5.32 Å². The summed E-state index contributed by atoms with van der Waals surface area (Å²) >= 11 is 7.81. The first-order valence-corrected chi connectivity index (χ1v) is 10.6. The Morgan fingerprint density at radius 1 is 1.14 bits per heavy atom. The zero-order valence-corrected chi connectivity index (χ0v) is 17.2. The van der Waals surface area contributed by atoms with Crippen molar-refractivity contribution in [2.45, 2.75) is 31.5 Å². The van der Waals surface area contributed by atoms with Crippen LogP contribution < -0.4 is 10.1 Å². The zero-order chi connectivity index (χ0) is 19.7. The Balaban J connectivity index is 1.62. The minimum Gasteiger partial charge on any atom is -0.491 e. The smallest absolute Gasteiger partial charge is 0.256 e. The highest BCUT2D eigenvalue weighted by molar-refractivity contribution is 7.98. The summed E-state index contributed by atoms with van der Waals surface area (Å²) in [7, 11) is 0. The van der Waals surface area contributed by atoms with Crippen molar-refractivity contribution in [1.82, 2.24) is 9.78 Å². The number of aromatic nitrogens is 2. The predicted molar refractivity (Wildman–Crippen MR) is 114 cm³/mol. The highest BCUT2D eigenvalue weighted by atomic mass is 35.5. The number of hydrogen-bond acceptors (Lipinski definition) is 4. The maximum atomic E-state index is 12.9. The molecule has 0 radical (unpaired) electrons. The fourth-order valence-corrected chi connectivity index (χ4v) is 4.21. The molecule has 0 aliphatic carbocycles. The Kier molecular flexibility index (Phi) is 5.33. The van der Waals surface area contributed by atoms with Crippen molar-refractivity contribution in [2.75, 3.05) is 5.32 Å². The molecule has 1 aliphatic rings. The summed E-state index contributed by atoms with van der Waals surface area (Å²) in [5, 5.41) is 8.42. The number of amides is 1. The number of hydrogen-bond donors (Lipinski definition) is 1. The van der Waals surface area contributed by atoms with Crippen molar-refractivity contribution < 1.29 is 9.53 Å². The minimum atomic E-state index is -0.175. The third-order valence-electron chi connectivity index (χ3n) is 4.34. The lowest BCUT2D eigenvalue weighted by Crippen LogP contribution is -2.16. The van der Waals surface area contributed by atoms with Crippen LogP contribution in [-0.4, -0.2) is 21.8 Å². The fourth-order valence-electron chi connectivity index (χ4n) is 3.05. The first-order valence-electron chi connectivity index (χ1n) is 9.04. The van der Waals surface area contributed by atoms with E-state index in [1.54, 1.807) is 28.6 Å². The Labute approximate surface area is 173 Å². The lowest BCUT2D eigenvalue weighted by atomic mass is 10.2. The molecule has 0 atom stereocenters. The van der Waals surface area contributed by atoms with Gasteiger partial charge in [0.05, 0.1) is 17.5 Å². The topological polar surface area (TPSA) is 56.1 Å². The van der Waals surface area contributed by atoms with Gasteiger partial charge in [0.2, 0.25) is 0 Å². The van der Waals surface area contributed by atoms with Crippen LogP contribution in [0.2, 0.25) is 5.02 Å². The van der Waals surface area contributed by atoms with E-state index in [1.807, 2.05) is 50.2 Å². The van der Waals surface area contributed by atoms with E-state index in [0.717, 1.165) is 40.0 Å². The van der Waals surface area contributed by atoms with E-state index in [1.165, 1.54) is 0 Å². The Morgan fingerprint density at radius 2 is 1.86 bits per heavy atom. The van der Waals surface area contributed by atoms with Crippen molar-refractivity contribution in [3.8, 4) is 11.4 Å². The molecule has 144 valence electrons. The number of ether oxygens (including phenoxy) is 1. The number of fused-ring (bicyclic) bond motifs is 1.